The highest BCUT2D eigenvalue weighted by atomic mass is 79.9. The predicted octanol–water partition coefficient (Wildman–Crippen LogP) is 3.07. The Kier molecular flexibility index (Phi) is 3.47. The lowest BCUT2D eigenvalue weighted by molar-refractivity contribution is 0.422. The van der Waals surface area contributed by atoms with Gasteiger partial charge in [-0.25, -0.2) is 4.98 Å². The predicted molar refractivity (Wildman–Crippen MR) is 78.9 cm³/mol. The van der Waals surface area contributed by atoms with Gasteiger partial charge in [0.2, 0.25) is 0 Å². The van der Waals surface area contributed by atoms with Crippen LogP contribution in [0.5, 0.6) is 0 Å². The molecule has 2 aromatic heterocycles. The quantitative estimate of drug-likeness (QED) is 0.798. The molecule has 20 heavy (non-hydrogen) atoms. The van der Waals surface area contributed by atoms with Gasteiger partial charge in [0, 0.05) is 10.9 Å². The maximum absolute atomic E-state index is 5.59. The molecule has 0 atom stereocenters. The minimum atomic E-state index is 0.400. The maximum Gasteiger partial charge on any atom is 0.276 e. The average Bonchev–Trinajstić information content (AvgIpc) is 2.91. The van der Waals surface area contributed by atoms with Crippen molar-refractivity contribution in [2.75, 3.05) is 5.73 Å². The van der Waals surface area contributed by atoms with E-state index in [4.69, 9.17) is 10.3 Å². The van der Waals surface area contributed by atoms with Crippen LogP contribution in [0.15, 0.2) is 51.6 Å². The van der Waals surface area contributed by atoms with Gasteiger partial charge in [-0.2, -0.15) is 4.98 Å². The maximum atomic E-state index is 5.59. The zero-order chi connectivity index (χ0) is 13.9. The Morgan fingerprint density at radius 1 is 1.10 bits per heavy atom. The monoisotopic (exact) mass is 330 g/mol. The Labute approximate surface area is 124 Å². The highest BCUT2D eigenvalue weighted by Gasteiger charge is 2.10. The van der Waals surface area contributed by atoms with Gasteiger partial charge in [0.1, 0.15) is 5.69 Å². The van der Waals surface area contributed by atoms with Gasteiger partial charge in [0.05, 0.1) is 11.9 Å². The molecule has 0 aliphatic rings. The van der Waals surface area contributed by atoms with Crippen LogP contribution in [0.2, 0.25) is 0 Å². The molecule has 0 aliphatic heterocycles. The van der Waals surface area contributed by atoms with Crippen molar-refractivity contribution in [3.05, 3.63) is 58.5 Å². The minimum absolute atomic E-state index is 0.400. The van der Waals surface area contributed by atoms with E-state index in [-0.39, 0.29) is 0 Å². The zero-order valence-electron chi connectivity index (χ0n) is 10.5. The van der Waals surface area contributed by atoms with Gasteiger partial charge >= 0.3 is 0 Å². The van der Waals surface area contributed by atoms with Crippen molar-refractivity contribution in [3.8, 4) is 11.6 Å². The summed E-state index contributed by atoms with van der Waals surface area (Å²) in [5.41, 5.74) is 7.93. The molecule has 1 aromatic carbocycles. The largest absolute Gasteiger partial charge is 0.397 e. The van der Waals surface area contributed by atoms with E-state index in [0.717, 1.165) is 10.0 Å². The summed E-state index contributed by atoms with van der Waals surface area (Å²) in [7, 11) is 0. The third-order valence-electron chi connectivity index (χ3n) is 2.75. The van der Waals surface area contributed by atoms with Gasteiger partial charge in [-0.1, -0.05) is 33.2 Å². The molecule has 0 unspecified atom stereocenters. The summed E-state index contributed by atoms with van der Waals surface area (Å²) in [6.07, 6.45) is 2.18. The first-order valence-corrected chi connectivity index (χ1v) is 6.79. The van der Waals surface area contributed by atoms with Gasteiger partial charge in [-0.3, -0.25) is 0 Å². The molecule has 2 N–H and O–H groups in total. The second-order valence-corrected chi connectivity index (χ2v) is 5.21. The lowest BCUT2D eigenvalue weighted by Gasteiger charge is -1.96. The molecule has 0 fully saturated rings. The first-order valence-electron chi connectivity index (χ1n) is 5.99. The lowest BCUT2D eigenvalue weighted by atomic mass is 10.1. The van der Waals surface area contributed by atoms with E-state index in [9.17, 15) is 0 Å². The Balaban J connectivity index is 1.80. The van der Waals surface area contributed by atoms with Crippen LogP contribution >= 0.6 is 15.9 Å². The molecular weight excluding hydrogens is 320 g/mol. The Morgan fingerprint density at radius 3 is 2.60 bits per heavy atom. The van der Waals surface area contributed by atoms with Gasteiger partial charge in [-0.05, 0) is 29.8 Å². The number of benzene rings is 1. The summed E-state index contributed by atoms with van der Waals surface area (Å²) in [5, 5.41) is 3.96. The fraction of sp³-hybridized carbons (Fsp3) is 0.0714. The van der Waals surface area contributed by atoms with Crippen LogP contribution in [0.3, 0.4) is 0 Å². The molecule has 0 bridgehead atoms. The van der Waals surface area contributed by atoms with Gasteiger partial charge < -0.3 is 10.3 Å². The van der Waals surface area contributed by atoms with Crippen molar-refractivity contribution in [3.63, 3.8) is 0 Å². The molecule has 0 saturated heterocycles. The van der Waals surface area contributed by atoms with Crippen molar-refractivity contribution in [2.45, 2.75) is 6.42 Å². The second-order valence-electron chi connectivity index (χ2n) is 4.30. The molecule has 0 radical (unpaired) electrons. The van der Waals surface area contributed by atoms with Crippen LogP contribution in [0.1, 0.15) is 11.4 Å². The number of hydrogen-bond donors (Lipinski definition) is 1. The van der Waals surface area contributed by atoms with Crippen molar-refractivity contribution < 1.29 is 4.52 Å². The van der Waals surface area contributed by atoms with Gasteiger partial charge in [0.15, 0.2) is 5.82 Å². The first kappa shape index (κ1) is 12.8. The number of hydrogen-bond acceptors (Lipinski definition) is 5. The Morgan fingerprint density at radius 2 is 1.90 bits per heavy atom. The fourth-order valence-corrected chi connectivity index (χ4v) is 2.01. The molecule has 2 heterocycles. The third kappa shape index (κ3) is 2.85. The van der Waals surface area contributed by atoms with Crippen molar-refractivity contribution >= 4 is 21.6 Å². The topological polar surface area (TPSA) is 77.8 Å². The minimum Gasteiger partial charge on any atom is -0.397 e. The van der Waals surface area contributed by atoms with E-state index < -0.39 is 0 Å². The molecular formula is C14H11BrN4O. The van der Waals surface area contributed by atoms with Crippen LogP contribution in [-0.2, 0) is 6.42 Å². The number of nitrogen functional groups attached to an aromatic ring is 1. The molecule has 0 amide bonds. The first-order chi connectivity index (χ1) is 9.70. The second kappa shape index (κ2) is 5.42. The van der Waals surface area contributed by atoms with E-state index in [1.807, 2.05) is 24.3 Å². The highest BCUT2D eigenvalue weighted by Crippen LogP contribution is 2.17. The molecule has 0 saturated carbocycles. The van der Waals surface area contributed by atoms with Gasteiger partial charge in [-0.15, -0.1) is 0 Å². The Bertz CT molecular complexity index is 707. The SMILES string of the molecule is Nc1ccc(-c2nc(Cc3ccc(Br)cc3)no2)nc1. The summed E-state index contributed by atoms with van der Waals surface area (Å²) < 4.78 is 6.26. The number of nitrogens with two attached hydrogens (primary N) is 1. The van der Waals surface area contributed by atoms with Crippen LogP contribution in [0, 0.1) is 0 Å². The van der Waals surface area contributed by atoms with E-state index in [1.165, 1.54) is 0 Å². The van der Waals surface area contributed by atoms with Crippen molar-refractivity contribution in [1.82, 2.24) is 15.1 Å². The number of aromatic nitrogens is 3. The summed E-state index contributed by atoms with van der Waals surface area (Å²) in [6.45, 7) is 0. The molecule has 5 nitrogen and oxygen atoms in total. The van der Waals surface area contributed by atoms with Crippen LogP contribution in [-0.4, -0.2) is 15.1 Å². The highest BCUT2D eigenvalue weighted by molar-refractivity contribution is 9.10. The van der Waals surface area contributed by atoms with E-state index in [1.54, 1.807) is 18.3 Å². The number of anilines is 1. The molecule has 0 aliphatic carbocycles. The molecule has 3 rings (SSSR count). The summed E-state index contributed by atoms with van der Waals surface area (Å²) in [5.74, 6) is 1.03. The fourth-order valence-electron chi connectivity index (χ4n) is 1.75. The third-order valence-corrected chi connectivity index (χ3v) is 3.28. The lowest BCUT2D eigenvalue weighted by Crippen LogP contribution is -1.91. The van der Waals surface area contributed by atoms with Crippen molar-refractivity contribution in [2.24, 2.45) is 0 Å². The smallest absolute Gasteiger partial charge is 0.276 e. The van der Waals surface area contributed by atoms with Crippen LogP contribution in [0.25, 0.3) is 11.6 Å². The number of halogens is 1. The number of pyridine rings is 1. The van der Waals surface area contributed by atoms with E-state index >= 15 is 0 Å². The number of rotatable bonds is 3. The molecule has 100 valence electrons. The zero-order valence-corrected chi connectivity index (χ0v) is 12.0. The Hall–Kier alpha value is -2.21. The number of nitrogens with zero attached hydrogens (tertiary/aromatic N) is 3. The standard InChI is InChI=1S/C14H11BrN4O/c15-10-3-1-9(2-4-10)7-13-18-14(20-19-13)12-6-5-11(16)8-17-12/h1-6,8H,7,16H2. The van der Waals surface area contributed by atoms with E-state index in [0.29, 0.717) is 29.5 Å². The summed E-state index contributed by atoms with van der Waals surface area (Å²) >= 11 is 3.40. The average molecular weight is 331 g/mol. The summed E-state index contributed by atoms with van der Waals surface area (Å²) in [4.78, 5) is 8.49. The van der Waals surface area contributed by atoms with Crippen LogP contribution in [0.4, 0.5) is 5.69 Å². The van der Waals surface area contributed by atoms with Crippen molar-refractivity contribution in [1.29, 1.82) is 0 Å². The molecule has 6 heteroatoms. The molecule has 3 aromatic rings. The van der Waals surface area contributed by atoms with Crippen LogP contribution < -0.4 is 5.73 Å². The normalized spacial score (nSPS) is 10.7. The van der Waals surface area contributed by atoms with Gasteiger partial charge in [0.25, 0.3) is 5.89 Å². The van der Waals surface area contributed by atoms with E-state index in [2.05, 4.69) is 31.1 Å². The molecule has 0 spiro atoms. The summed E-state index contributed by atoms with van der Waals surface area (Å²) in [6, 6.07) is 11.5.